The van der Waals surface area contributed by atoms with Crippen molar-refractivity contribution < 1.29 is 28.5 Å². The van der Waals surface area contributed by atoms with Crippen molar-refractivity contribution in [1.82, 2.24) is 19.4 Å². The third-order valence-corrected chi connectivity index (χ3v) is 10.2. The molecule has 1 N–H and O–H groups in total. The Morgan fingerprint density at radius 3 is 2.35 bits per heavy atom. The Hall–Kier alpha value is -5.00. The molecule has 1 aliphatic heterocycles. The van der Waals surface area contributed by atoms with Crippen molar-refractivity contribution in [3.8, 4) is 17.2 Å². The number of aryl methyl sites for hydroxylation is 2. The minimum absolute atomic E-state index is 0.108. The number of para-hydroxylation sites is 2. The van der Waals surface area contributed by atoms with Crippen LogP contribution in [-0.2, 0) is 13.2 Å². The van der Waals surface area contributed by atoms with Crippen LogP contribution < -0.4 is 19.1 Å². The Morgan fingerprint density at radius 2 is 1.65 bits per heavy atom. The van der Waals surface area contributed by atoms with E-state index in [1.165, 1.54) is 16.7 Å². The molecule has 1 amide bonds. The Kier molecular flexibility index (Phi) is 11.7. The number of hydrogen-bond acceptors (Lipinski definition) is 9. The van der Waals surface area contributed by atoms with Crippen LogP contribution in [0.4, 0.5) is 5.95 Å². The van der Waals surface area contributed by atoms with Crippen molar-refractivity contribution in [2.45, 2.75) is 45.8 Å². The summed E-state index contributed by atoms with van der Waals surface area (Å²) in [7, 11) is 6.53. The summed E-state index contributed by atoms with van der Waals surface area (Å²) in [5.74, 6) is 3.67. The topological polar surface area (TPSA) is 106 Å². The molecule has 1 unspecified atom stereocenters. The second-order valence-corrected chi connectivity index (χ2v) is 13.6. The number of nitrogens with zero attached hydrogens (tertiary/aromatic N) is 5. The van der Waals surface area contributed by atoms with Crippen LogP contribution in [0.25, 0.3) is 11.0 Å². The molecule has 0 saturated carbocycles. The van der Waals surface area contributed by atoms with Crippen molar-refractivity contribution in [3.63, 3.8) is 0 Å². The first-order valence-electron chi connectivity index (χ1n) is 18.0. The SMILES string of the molecule is COc1cc(C(=O)N(C)CC(CCN2CCCN(c3nc4ccccc4n3Cc3ccc(CO)o3)CC2)c2ccc(C)c(C)c2)cc(OC)c1OC. The molecule has 52 heavy (non-hydrogen) atoms. The average Bonchev–Trinajstić information content (AvgIpc) is 3.70. The number of aliphatic hydroxyl groups is 1. The lowest BCUT2D eigenvalue weighted by Gasteiger charge is -2.28. The molecule has 11 heteroatoms. The highest BCUT2D eigenvalue weighted by Crippen LogP contribution is 2.38. The van der Waals surface area contributed by atoms with E-state index >= 15 is 0 Å². The van der Waals surface area contributed by atoms with Crippen LogP contribution in [0.2, 0.25) is 0 Å². The molecule has 1 aliphatic rings. The molecule has 276 valence electrons. The lowest BCUT2D eigenvalue weighted by atomic mass is 9.92. The Bertz CT molecular complexity index is 1960. The fourth-order valence-corrected chi connectivity index (χ4v) is 7.16. The summed E-state index contributed by atoms with van der Waals surface area (Å²) in [4.78, 5) is 25.7. The standard InChI is InChI=1S/C41H51N5O6/c1-28-12-13-30(22-29(28)2)31(25-43(3)40(48)32-23-37(49-4)39(51-6)38(24-32)50-5)16-19-44-17-9-18-45(21-20-44)41-42-35-10-7-8-11-36(35)46(41)26-33-14-15-34(27-47)52-33/h7-8,10-15,22-24,31,47H,9,16-21,25-27H2,1-6H3. The number of hydrogen-bond donors (Lipinski definition) is 1. The zero-order valence-corrected chi connectivity index (χ0v) is 31.2. The third-order valence-electron chi connectivity index (χ3n) is 10.2. The molecular formula is C41H51N5O6. The van der Waals surface area contributed by atoms with E-state index in [4.69, 9.17) is 23.6 Å². The molecular weight excluding hydrogens is 658 g/mol. The fraction of sp³-hybridized carbons (Fsp3) is 0.415. The molecule has 0 bridgehead atoms. The number of rotatable bonds is 14. The highest BCUT2D eigenvalue weighted by Gasteiger charge is 2.25. The highest BCUT2D eigenvalue weighted by molar-refractivity contribution is 5.95. The van der Waals surface area contributed by atoms with Gasteiger partial charge in [-0.05, 0) is 92.9 Å². The van der Waals surface area contributed by atoms with Gasteiger partial charge in [-0.3, -0.25) is 4.79 Å². The molecule has 3 aromatic carbocycles. The van der Waals surface area contributed by atoms with Crippen LogP contribution >= 0.6 is 0 Å². The van der Waals surface area contributed by atoms with Crippen molar-refractivity contribution in [2.75, 3.05) is 72.5 Å². The largest absolute Gasteiger partial charge is 0.493 e. The number of fused-ring (bicyclic) bond motifs is 1. The lowest BCUT2D eigenvalue weighted by molar-refractivity contribution is 0.0782. The Balaban J connectivity index is 1.17. The number of furan rings is 1. The van der Waals surface area contributed by atoms with Crippen LogP contribution in [0.1, 0.15) is 57.3 Å². The van der Waals surface area contributed by atoms with Crippen LogP contribution in [-0.4, -0.2) is 98.0 Å². The van der Waals surface area contributed by atoms with Gasteiger partial charge in [0.2, 0.25) is 11.7 Å². The second-order valence-electron chi connectivity index (χ2n) is 13.6. The minimum atomic E-state index is -0.121. The van der Waals surface area contributed by atoms with Gasteiger partial charge in [0.1, 0.15) is 18.1 Å². The molecule has 6 rings (SSSR count). The predicted molar refractivity (Wildman–Crippen MR) is 203 cm³/mol. The zero-order valence-electron chi connectivity index (χ0n) is 31.2. The third kappa shape index (κ3) is 8.05. The first-order chi connectivity index (χ1) is 25.2. The maximum Gasteiger partial charge on any atom is 0.253 e. The number of aliphatic hydroxyl groups excluding tert-OH is 1. The fourth-order valence-electron chi connectivity index (χ4n) is 7.16. The number of anilines is 1. The summed E-state index contributed by atoms with van der Waals surface area (Å²) < 4.78 is 24.6. The molecule has 3 heterocycles. The van der Waals surface area contributed by atoms with E-state index in [1.54, 1.807) is 38.4 Å². The molecule has 0 spiro atoms. The van der Waals surface area contributed by atoms with Gasteiger partial charge in [-0.1, -0.05) is 30.3 Å². The lowest BCUT2D eigenvalue weighted by Crippen LogP contribution is -2.35. The zero-order chi connectivity index (χ0) is 36.8. The van der Waals surface area contributed by atoms with Crippen molar-refractivity contribution in [2.24, 2.45) is 0 Å². The van der Waals surface area contributed by atoms with Crippen molar-refractivity contribution >= 4 is 22.9 Å². The van der Waals surface area contributed by atoms with Gasteiger partial charge < -0.3 is 43.0 Å². The summed E-state index contributed by atoms with van der Waals surface area (Å²) in [5, 5.41) is 9.54. The summed E-state index contributed by atoms with van der Waals surface area (Å²) in [6.45, 7) is 9.79. The molecule has 1 fully saturated rings. The summed E-state index contributed by atoms with van der Waals surface area (Å²) in [6, 6.07) is 22.1. The normalized spacial score (nSPS) is 14.3. The molecule has 1 saturated heterocycles. The number of aromatic nitrogens is 2. The molecule has 1 atom stereocenters. The van der Waals surface area contributed by atoms with Gasteiger partial charge in [0.05, 0.1) is 38.9 Å². The predicted octanol–water partition coefficient (Wildman–Crippen LogP) is 6.27. The van der Waals surface area contributed by atoms with Gasteiger partial charge in [-0.25, -0.2) is 4.98 Å². The van der Waals surface area contributed by atoms with Crippen molar-refractivity contribution in [1.29, 1.82) is 0 Å². The van der Waals surface area contributed by atoms with Crippen molar-refractivity contribution in [3.05, 3.63) is 101 Å². The first-order valence-corrected chi connectivity index (χ1v) is 18.0. The number of likely N-dealkylation sites (N-methyl/N-ethyl adjacent to an activating group) is 1. The quantitative estimate of drug-likeness (QED) is 0.143. The van der Waals surface area contributed by atoms with E-state index in [2.05, 4.69) is 58.5 Å². The summed E-state index contributed by atoms with van der Waals surface area (Å²) in [6.07, 6.45) is 1.91. The number of benzene rings is 3. The van der Waals surface area contributed by atoms with Crippen LogP contribution in [0.3, 0.4) is 0 Å². The van der Waals surface area contributed by atoms with Gasteiger partial charge in [0, 0.05) is 44.7 Å². The molecule has 5 aromatic rings. The maximum absolute atomic E-state index is 13.8. The van der Waals surface area contributed by atoms with E-state index in [-0.39, 0.29) is 18.4 Å². The Labute approximate surface area is 306 Å². The molecule has 11 nitrogen and oxygen atoms in total. The monoisotopic (exact) mass is 709 g/mol. The van der Waals surface area contributed by atoms with Gasteiger partial charge in [-0.15, -0.1) is 0 Å². The molecule has 2 aromatic heterocycles. The average molecular weight is 710 g/mol. The van der Waals surface area contributed by atoms with Gasteiger partial charge >= 0.3 is 0 Å². The number of imidazole rings is 1. The Morgan fingerprint density at radius 1 is 0.904 bits per heavy atom. The van der Waals surface area contributed by atoms with Crippen LogP contribution in [0.15, 0.2) is 71.1 Å². The number of ether oxygens (including phenoxy) is 3. The van der Waals surface area contributed by atoms with E-state index in [0.29, 0.717) is 41.7 Å². The molecule has 0 radical (unpaired) electrons. The number of carbonyl (C=O) groups excluding carboxylic acids is 1. The van der Waals surface area contributed by atoms with Crippen LogP contribution in [0.5, 0.6) is 17.2 Å². The van der Waals surface area contributed by atoms with Crippen LogP contribution in [0, 0.1) is 13.8 Å². The van der Waals surface area contributed by atoms with E-state index in [0.717, 1.165) is 68.3 Å². The first kappa shape index (κ1) is 36.8. The van der Waals surface area contributed by atoms with Gasteiger partial charge in [-0.2, -0.15) is 0 Å². The molecule has 0 aliphatic carbocycles. The van der Waals surface area contributed by atoms with E-state index in [1.807, 2.05) is 31.3 Å². The van der Waals surface area contributed by atoms with Gasteiger partial charge in [0.25, 0.3) is 5.91 Å². The number of carbonyl (C=O) groups is 1. The minimum Gasteiger partial charge on any atom is -0.493 e. The summed E-state index contributed by atoms with van der Waals surface area (Å²) >= 11 is 0. The maximum atomic E-state index is 13.8. The summed E-state index contributed by atoms with van der Waals surface area (Å²) in [5.41, 5.74) is 6.23. The van der Waals surface area contributed by atoms with E-state index in [9.17, 15) is 9.90 Å². The highest BCUT2D eigenvalue weighted by atomic mass is 16.5. The number of amides is 1. The smallest absolute Gasteiger partial charge is 0.253 e. The van der Waals surface area contributed by atoms with E-state index < -0.39 is 0 Å². The van der Waals surface area contributed by atoms with Gasteiger partial charge in [0.15, 0.2) is 11.5 Å². The second kappa shape index (κ2) is 16.6. The number of methoxy groups -OCH3 is 3.